The number of hydrogen-bond acceptors (Lipinski definition) is 9. The number of ether oxygens (including phenoxy) is 3. The lowest BCUT2D eigenvalue weighted by atomic mass is 9.98. The zero-order valence-corrected chi connectivity index (χ0v) is 19.7. The third-order valence-corrected chi connectivity index (χ3v) is 4.03. The predicted octanol–water partition coefficient (Wildman–Crippen LogP) is 1.16. The van der Waals surface area contributed by atoms with Crippen LogP contribution in [0.25, 0.3) is 0 Å². The van der Waals surface area contributed by atoms with Crippen molar-refractivity contribution in [3.8, 4) is 0 Å². The van der Waals surface area contributed by atoms with Crippen molar-refractivity contribution in [2.24, 2.45) is 17.6 Å². The molecule has 0 spiro atoms. The van der Waals surface area contributed by atoms with Crippen LogP contribution in [0, 0.1) is 11.8 Å². The SMILES string of the molecule is CC(=O)[C@@H](C[18F])CC(N)C(=O)O.COC(=O)C(C[C@H](C[18F])C(=O)OC)NC(=O)OC(C)(C)C. The van der Waals surface area contributed by atoms with Crippen molar-refractivity contribution in [1.29, 1.82) is 0 Å². The molecule has 0 aliphatic rings. The van der Waals surface area contributed by atoms with Crippen LogP contribution in [0.15, 0.2) is 0 Å². The van der Waals surface area contributed by atoms with Gasteiger partial charge in [-0.1, -0.05) is 0 Å². The Balaban J connectivity index is 0. The van der Waals surface area contributed by atoms with E-state index < -0.39 is 66.9 Å². The van der Waals surface area contributed by atoms with E-state index in [1.807, 2.05) is 0 Å². The molecule has 0 bridgehead atoms. The van der Waals surface area contributed by atoms with Crippen molar-refractivity contribution in [3.05, 3.63) is 0 Å². The summed E-state index contributed by atoms with van der Waals surface area (Å²) in [6.07, 6.45) is -1.28. The second-order valence-electron chi connectivity index (χ2n) is 7.97. The molecule has 33 heavy (non-hydrogen) atoms. The van der Waals surface area contributed by atoms with Crippen molar-refractivity contribution >= 4 is 29.8 Å². The highest BCUT2D eigenvalue weighted by Crippen LogP contribution is 2.13. The first-order valence-corrected chi connectivity index (χ1v) is 9.89. The zero-order valence-electron chi connectivity index (χ0n) is 19.7. The molecule has 0 aromatic rings. The fourth-order valence-electron chi connectivity index (χ4n) is 2.22. The average molecular weight is 482 g/mol. The average Bonchev–Trinajstić information content (AvgIpc) is 2.72. The Morgan fingerprint density at radius 2 is 1.42 bits per heavy atom. The maximum absolute atomic E-state index is 12.8. The number of nitrogens with one attached hydrogen (secondary N) is 1. The lowest BCUT2D eigenvalue weighted by Crippen LogP contribution is -2.46. The molecule has 4 N–H and O–H groups in total. The second kappa shape index (κ2) is 15.9. The number of carbonyl (C=O) groups excluding carboxylic acids is 4. The topological polar surface area (TPSA) is 171 Å². The number of rotatable bonds is 11. The molecular weight excluding hydrogens is 448 g/mol. The fourth-order valence-corrected chi connectivity index (χ4v) is 2.22. The van der Waals surface area contributed by atoms with Gasteiger partial charge in [-0.3, -0.25) is 23.2 Å². The Morgan fingerprint density at radius 3 is 1.76 bits per heavy atom. The van der Waals surface area contributed by atoms with E-state index in [0.29, 0.717) is 0 Å². The molecule has 0 aromatic carbocycles. The van der Waals surface area contributed by atoms with Crippen molar-refractivity contribution < 1.29 is 52.1 Å². The van der Waals surface area contributed by atoms with Gasteiger partial charge in [0.25, 0.3) is 0 Å². The minimum absolute atomic E-state index is 0.138. The first-order valence-electron chi connectivity index (χ1n) is 9.89. The third-order valence-electron chi connectivity index (χ3n) is 4.03. The Kier molecular flexibility index (Phi) is 15.6. The van der Waals surface area contributed by atoms with Gasteiger partial charge in [-0.25, -0.2) is 9.59 Å². The first-order chi connectivity index (χ1) is 15.1. The van der Waals surface area contributed by atoms with E-state index in [1.165, 1.54) is 6.92 Å². The number of nitrogens with two attached hydrogens (primary N) is 1. The summed E-state index contributed by atoms with van der Waals surface area (Å²) in [5.41, 5.74) is 4.35. The van der Waals surface area contributed by atoms with Crippen molar-refractivity contribution in [2.45, 2.75) is 58.2 Å². The molecule has 4 atom stereocenters. The lowest BCUT2D eigenvalue weighted by molar-refractivity contribution is -0.148. The van der Waals surface area contributed by atoms with E-state index in [-0.39, 0.29) is 18.6 Å². The molecule has 0 saturated heterocycles. The highest BCUT2D eigenvalue weighted by atomic mass is 18.2. The summed E-state index contributed by atoms with van der Waals surface area (Å²) in [6.45, 7) is 4.31. The Morgan fingerprint density at radius 1 is 0.939 bits per heavy atom. The number of carboxylic acids is 1. The van der Waals surface area contributed by atoms with E-state index in [2.05, 4.69) is 14.8 Å². The number of amides is 1. The summed E-state index contributed by atoms with van der Waals surface area (Å²) in [6, 6.07) is -2.36. The van der Waals surface area contributed by atoms with Gasteiger partial charge in [-0.2, -0.15) is 0 Å². The molecule has 11 nitrogen and oxygen atoms in total. The van der Waals surface area contributed by atoms with E-state index in [0.717, 1.165) is 14.2 Å². The number of esters is 2. The quantitative estimate of drug-likeness (QED) is 0.287. The Labute approximate surface area is 191 Å². The smallest absolute Gasteiger partial charge is 0.408 e. The highest BCUT2D eigenvalue weighted by Gasteiger charge is 2.31. The number of methoxy groups -OCH3 is 2. The molecule has 0 fully saturated rings. The molecule has 0 heterocycles. The molecule has 0 radical (unpaired) electrons. The molecule has 0 aromatic heterocycles. The van der Waals surface area contributed by atoms with Crippen LogP contribution in [-0.4, -0.2) is 80.1 Å². The van der Waals surface area contributed by atoms with Crippen LogP contribution in [0.1, 0.15) is 40.5 Å². The molecule has 0 aliphatic carbocycles. The van der Waals surface area contributed by atoms with Gasteiger partial charge in [-0.05, 0) is 40.5 Å². The molecule has 0 aliphatic heterocycles. The standard InChI is InChI=1S/C13H22FNO6.C7H12FNO3/c1-13(2,3)21-12(18)15-9(11(17)20-5)6-8(7-14)10(16)19-4;1-4(10)5(3-8)2-6(9)7(11)12/h8-9H,6-7H2,1-5H3,(H,15,18);5-6H,2-3,9H2,1H3,(H,11,12)/t8-,9?;5-,6?/m11/s1/i14-1;8-1. The van der Waals surface area contributed by atoms with Gasteiger partial charge in [0.15, 0.2) is 0 Å². The van der Waals surface area contributed by atoms with Crippen molar-refractivity contribution in [2.75, 3.05) is 27.6 Å². The maximum atomic E-state index is 12.8. The molecule has 0 saturated carbocycles. The number of hydrogen-bond donors (Lipinski definition) is 3. The Bertz CT molecular complexity index is 668. The van der Waals surface area contributed by atoms with Crippen LogP contribution >= 0.6 is 0 Å². The van der Waals surface area contributed by atoms with Crippen LogP contribution in [0.5, 0.6) is 0 Å². The summed E-state index contributed by atoms with van der Waals surface area (Å²) in [5, 5.41) is 10.6. The predicted molar refractivity (Wildman–Crippen MR) is 112 cm³/mol. The van der Waals surface area contributed by atoms with Crippen LogP contribution < -0.4 is 11.1 Å². The van der Waals surface area contributed by atoms with Gasteiger partial charge in [-0.15, -0.1) is 0 Å². The minimum atomic E-state index is -1.21. The number of carboxylic acid groups (broad SMARTS) is 1. The largest absolute Gasteiger partial charge is 0.480 e. The van der Waals surface area contributed by atoms with E-state index in [4.69, 9.17) is 15.6 Å². The number of ketones is 1. The van der Waals surface area contributed by atoms with Crippen LogP contribution in [-0.2, 0) is 33.4 Å². The highest BCUT2D eigenvalue weighted by molar-refractivity contribution is 5.82. The molecular formula is C20H34F2N2O9. The van der Waals surface area contributed by atoms with Crippen LogP contribution in [0.2, 0.25) is 0 Å². The third kappa shape index (κ3) is 14.8. The number of halogens is 2. The van der Waals surface area contributed by atoms with Gasteiger partial charge in [0.2, 0.25) is 0 Å². The number of alkyl carbamates (subject to hydrolysis) is 1. The molecule has 13 heteroatoms. The molecule has 192 valence electrons. The van der Waals surface area contributed by atoms with E-state index >= 15 is 0 Å². The van der Waals surface area contributed by atoms with Crippen LogP contribution in [0.3, 0.4) is 0 Å². The van der Waals surface area contributed by atoms with Gasteiger partial charge in [0, 0.05) is 5.92 Å². The number of aliphatic carboxylic acids is 1. The fraction of sp³-hybridized carbons (Fsp3) is 0.750. The summed E-state index contributed by atoms with van der Waals surface area (Å²) >= 11 is 0. The monoisotopic (exact) mass is 482 g/mol. The first kappa shape index (κ1) is 32.4. The van der Waals surface area contributed by atoms with E-state index in [9.17, 15) is 32.8 Å². The number of Topliss-reactive ketones (excluding diaryl/α,β-unsaturated/α-hetero) is 1. The van der Waals surface area contributed by atoms with Gasteiger partial charge < -0.3 is 30.4 Å². The van der Waals surface area contributed by atoms with Crippen molar-refractivity contribution in [1.82, 2.24) is 5.32 Å². The van der Waals surface area contributed by atoms with Crippen molar-refractivity contribution in [3.63, 3.8) is 0 Å². The second-order valence-corrected chi connectivity index (χ2v) is 7.97. The number of alkyl halides is 2. The zero-order chi connectivity index (χ0) is 26.4. The summed E-state index contributed by atoms with van der Waals surface area (Å²) in [7, 11) is 2.23. The lowest BCUT2D eigenvalue weighted by Gasteiger charge is -2.23. The maximum Gasteiger partial charge on any atom is 0.408 e. The van der Waals surface area contributed by atoms with Gasteiger partial charge >= 0.3 is 24.0 Å². The summed E-state index contributed by atoms with van der Waals surface area (Å²) in [5.74, 6) is -5.24. The number of carbonyl (C=O) groups is 5. The van der Waals surface area contributed by atoms with E-state index in [1.54, 1.807) is 20.8 Å². The minimum Gasteiger partial charge on any atom is -0.480 e. The van der Waals surface area contributed by atoms with Gasteiger partial charge in [0.1, 0.15) is 30.1 Å². The molecule has 1 amide bonds. The van der Waals surface area contributed by atoms with Crippen LogP contribution in [0.4, 0.5) is 13.6 Å². The summed E-state index contributed by atoms with van der Waals surface area (Å²) in [4.78, 5) is 55.5. The molecule has 0 rings (SSSR count). The molecule has 2 unspecified atom stereocenters. The van der Waals surface area contributed by atoms with Gasteiger partial charge in [0.05, 0.1) is 26.8 Å². The normalized spacial score (nSPS) is 14.3. The Hall–Kier alpha value is -2.83. The summed E-state index contributed by atoms with van der Waals surface area (Å²) < 4.78 is 38.8.